The number of benzene rings is 2. The zero-order valence-corrected chi connectivity index (χ0v) is 21.0. The molecule has 2 aliphatic rings. The van der Waals surface area contributed by atoms with Crippen molar-refractivity contribution in [3.63, 3.8) is 0 Å². The van der Waals surface area contributed by atoms with Crippen molar-refractivity contribution in [1.29, 1.82) is 5.26 Å². The fourth-order valence-corrected chi connectivity index (χ4v) is 4.55. The summed E-state index contributed by atoms with van der Waals surface area (Å²) in [5, 5.41) is 9.96. The third-order valence-corrected chi connectivity index (χ3v) is 5.88. The van der Waals surface area contributed by atoms with E-state index in [9.17, 15) is 5.26 Å². The Balaban J connectivity index is 1.73. The lowest BCUT2D eigenvalue weighted by molar-refractivity contribution is 0.242. The van der Waals surface area contributed by atoms with Crippen LogP contribution in [0.3, 0.4) is 0 Å². The van der Waals surface area contributed by atoms with E-state index in [1.165, 1.54) is 0 Å². The summed E-state index contributed by atoms with van der Waals surface area (Å²) >= 11 is 0. The summed E-state index contributed by atoms with van der Waals surface area (Å²) < 4.78 is 17.7. The summed E-state index contributed by atoms with van der Waals surface area (Å²) in [6.07, 6.45) is 2.33. The molecule has 0 amide bonds. The van der Waals surface area contributed by atoms with Gasteiger partial charge in [-0.25, -0.2) is 0 Å². The molecule has 0 fully saturated rings. The van der Waals surface area contributed by atoms with Gasteiger partial charge in [-0.3, -0.25) is 4.90 Å². The zero-order valence-electron chi connectivity index (χ0n) is 21.0. The van der Waals surface area contributed by atoms with Gasteiger partial charge >= 0.3 is 0 Å². The van der Waals surface area contributed by atoms with E-state index in [0.29, 0.717) is 18.7 Å². The fourth-order valence-electron chi connectivity index (χ4n) is 4.55. The molecular formula is C29H33N3O3. The fraction of sp³-hybridized carbons (Fsp3) is 0.345. The first-order valence-corrected chi connectivity index (χ1v) is 12.0. The monoisotopic (exact) mass is 471 g/mol. The smallest absolute Gasteiger partial charge is 0.205 e. The van der Waals surface area contributed by atoms with Crippen LogP contribution in [0.2, 0.25) is 0 Å². The molecule has 4 rings (SSSR count). The molecule has 2 aromatic carbocycles. The van der Waals surface area contributed by atoms with E-state index in [1.54, 1.807) is 0 Å². The average Bonchev–Trinajstić information content (AvgIpc) is 2.80. The Kier molecular flexibility index (Phi) is 7.18. The minimum absolute atomic E-state index is 0.0918. The molecule has 182 valence electrons. The van der Waals surface area contributed by atoms with E-state index in [4.69, 9.17) is 19.9 Å². The summed E-state index contributed by atoms with van der Waals surface area (Å²) in [6.45, 7) is 9.41. The second-order valence-electron chi connectivity index (χ2n) is 9.59. The van der Waals surface area contributed by atoms with Crippen LogP contribution in [-0.4, -0.2) is 37.2 Å². The van der Waals surface area contributed by atoms with E-state index in [2.05, 4.69) is 24.1 Å². The Labute approximate surface area is 207 Å². The number of ether oxygens (including phenoxy) is 3. The maximum atomic E-state index is 9.96. The lowest BCUT2D eigenvalue weighted by Crippen LogP contribution is -2.35. The van der Waals surface area contributed by atoms with Gasteiger partial charge < -0.3 is 19.9 Å². The highest BCUT2D eigenvalue weighted by Gasteiger charge is 2.37. The molecular weight excluding hydrogens is 438 g/mol. The van der Waals surface area contributed by atoms with Gasteiger partial charge in [-0.15, -0.1) is 0 Å². The number of nitriles is 1. The number of nitrogens with two attached hydrogens (primary N) is 1. The highest BCUT2D eigenvalue weighted by molar-refractivity contribution is 5.63. The van der Waals surface area contributed by atoms with Gasteiger partial charge in [-0.05, 0) is 81.8 Å². The minimum atomic E-state index is -0.273. The molecule has 6 heteroatoms. The molecule has 2 aromatic rings. The molecule has 0 aromatic heterocycles. The quantitative estimate of drug-likeness (QED) is 0.612. The Hall–Kier alpha value is -3.69. The SMILES string of the molecule is CC(C)Oc1ccc(/C=C2\CN(C)CC3=C2OC(N)=C(C#N)C3c2ccc(OC(C)C)cc2)cc1. The highest BCUT2D eigenvalue weighted by atomic mass is 16.5. The van der Waals surface area contributed by atoms with E-state index >= 15 is 0 Å². The van der Waals surface area contributed by atoms with E-state index in [0.717, 1.165) is 39.5 Å². The third kappa shape index (κ3) is 5.52. The Morgan fingerprint density at radius 3 is 2.09 bits per heavy atom. The minimum Gasteiger partial charge on any atom is -0.491 e. The molecule has 6 nitrogen and oxygen atoms in total. The van der Waals surface area contributed by atoms with Crippen molar-refractivity contribution in [1.82, 2.24) is 4.90 Å². The number of likely N-dealkylation sites (N-methyl/N-ethyl adjacent to an activating group) is 1. The number of allylic oxidation sites excluding steroid dienone is 1. The Morgan fingerprint density at radius 2 is 1.54 bits per heavy atom. The molecule has 0 saturated carbocycles. The summed E-state index contributed by atoms with van der Waals surface area (Å²) in [5.74, 6) is 2.29. The number of hydrogen-bond donors (Lipinski definition) is 1. The van der Waals surface area contributed by atoms with Gasteiger partial charge in [0.25, 0.3) is 0 Å². The molecule has 2 heterocycles. The van der Waals surface area contributed by atoms with Crippen molar-refractivity contribution in [2.75, 3.05) is 20.1 Å². The molecule has 0 saturated heterocycles. The van der Waals surface area contributed by atoms with Crippen LogP contribution in [-0.2, 0) is 4.74 Å². The van der Waals surface area contributed by atoms with Crippen LogP contribution >= 0.6 is 0 Å². The first-order valence-electron chi connectivity index (χ1n) is 12.0. The van der Waals surface area contributed by atoms with Crippen LogP contribution in [0.4, 0.5) is 0 Å². The van der Waals surface area contributed by atoms with Crippen molar-refractivity contribution in [3.05, 3.63) is 88.0 Å². The van der Waals surface area contributed by atoms with Crippen molar-refractivity contribution in [2.24, 2.45) is 5.73 Å². The zero-order chi connectivity index (χ0) is 25.1. The topological polar surface area (TPSA) is 80.7 Å². The van der Waals surface area contributed by atoms with Crippen LogP contribution in [0.1, 0.15) is 44.7 Å². The molecule has 0 spiro atoms. The van der Waals surface area contributed by atoms with Gasteiger partial charge in [0, 0.05) is 18.7 Å². The van der Waals surface area contributed by atoms with Crippen LogP contribution in [0.15, 0.2) is 76.9 Å². The lowest BCUT2D eigenvalue weighted by Gasteiger charge is -2.37. The number of hydrogen-bond acceptors (Lipinski definition) is 6. The van der Waals surface area contributed by atoms with Gasteiger partial charge in [-0.2, -0.15) is 5.26 Å². The van der Waals surface area contributed by atoms with Gasteiger partial charge in [0.15, 0.2) is 0 Å². The van der Waals surface area contributed by atoms with Crippen LogP contribution < -0.4 is 15.2 Å². The average molecular weight is 472 g/mol. The van der Waals surface area contributed by atoms with Crippen molar-refractivity contribution >= 4 is 6.08 Å². The molecule has 0 aliphatic carbocycles. The predicted molar refractivity (Wildman–Crippen MR) is 138 cm³/mol. The van der Waals surface area contributed by atoms with Gasteiger partial charge in [0.2, 0.25) is 5.88 Å². The van der Waals surface area contributed by atoms with Gasteiger partial charge in [0.1, 0.15) is 28.9 Å². The lowest BCUT2D eigenvalue weighted by atomic mass is 9.80. The molecule has 1 atom stereocenters. The Morgan fingerprint density at radius 1 is 0.971 bits per heavy atom. The van der Waals surface area contributed by atoms with Crippen molar-refractivity contribution in [3.8, 4) is 17.6 Å². The normalized spacial score (nSPS) is 19.6. The van der Waals surface area contributed by atoms with Crippen LogP contribution in [0.5, 0.6) is 11.5 Å². The molecule has 2 N–H and O–H groups in total. The standard InChI is InChI=1S/C29H33N3O3/c1-18(2)33-23-10-6-20(7-11-23)14-22-16-32(5)17-26-27(25(15-30)29(31)35-28(22)26)21-8-12-24(13-9-21)34-19(3)4/h6-14,18-19,27H,16-17,31H2,1-5H3/b22-14+. The van der Waals surface area contributed by atoms with Crippen LogP contribution in [0.25, 0.3) is 6.08 Å². The molecule has 35 heavy (non-hydrogen) atoms. The summed E-state index contributed by atoms with van der Waals surface area (Å²) in [7, 11) is 2.07. The van der Waals surface area contributed by atoms with Crippen LogP contribution in [0, 0.1) is 11.3 Å². The number of rotatable bonds is 6. The van der Waals surface area contributed by atoms with Crippen molar-refractivity contribution < 1.29 is 14.2 Å². The van der Waals surface area contributed by atoms with Gasteiger partial charge in [0.05, 0.1) is 18.1 Å². The van der Waals surface area contributed by atoms with E-state index in [-0.39, 0.29) is 24.0 Å². The molecule has 0 radical (unpaired) electrons. The summed E-state index contributed by atoms with van der Waals surface area (Å²) in [4.78, 5) is 2.23. The molecule has 2 aliphatic heterocycles. The summed E-state index contributed by atoms with van der Waals surface area (Å²) in [6, 6.07) is 18.2. The van der Waals surface area contributed by atoms with Crippen molar-refractivity contribution in [2.45, 2.75) is 45.8 Å². The maximum Gasteiger partial charge on any atom is 0.205 e. The molecule has 0 bridgehead atoms. The first-order chi connectivity index (χ1) is 16.7. The number of nitrogens with zero attached hydrogens (tertiary/aromatic N) is 2. The highest BCUT2D eigenvalue weighted by Crippen LogP contribution is 2.43. The predicted octanol–water partition coefficient (Wildman–Crippen LogP) is 5.35. The Bertz CT molecular complexity index is 1200. The van der Waals surface area contributed by atoms with Gasteiger partial charge in [-0.1, -0.05) is 24.3 Å². The third-order valence-electron chi connectivity index (χ3n) is 5.88. The maximum absolute atomic E-state index is 9.96. The van der Waals surface area contributed by atoms with E-state index in [1.807, 2.05) is 76.2 Å². The second-order valence-corrected chi connectivity index (χ2v) is 9.59. The van der Waals surface area contributed by atoms with E-state index < -0.39 is 0 Å². The molecule has 1 unspecified atom stereocenters. The summed E-state index contributed by atoms with van der Waals surface area (Å²) in [5.41, 5.74) is 10.8. The largest absolute Gasteiger partial charge is 0.491 e. The second kappa shape index (κ2) is 10.3. The first kappa shape index (κ1) is 24.4.